The number of hydrogen-bond acceptors (Lipinski definition) is 4. The second-order valence-corrected chi connectivity index (χ2v) is 9.38. The Morgan fingerprint density at radius 3 is 2.42 bits per heavy atom. The Bertz CT molecular complexity index is 854. The van der Waals surface area contributed by atoms with Crippen molar-refractivity contribution in [3.8, 4) is 0 Å². The van der Waals surface area contributed by atoms with E-state index in [9.17, 15) is 13.2 Å². The SMILES string of the molecule is CS(=O)(=O)N(CCSc1ccc(Cl)cc1)Cc1cccc(CC(=O)O)c1. The first-order valence-electron chi connectivity index (χ1n) is 7.87. The van der Waals surface area contributed by atoms with Gasteiger partial charge in [0.2, 0.25) is 10.0 Å². The van der Waals surface area contributed by atoms with E-state index in [0.717, 1.165) is 10.5 Å². The maximum Gasteiger partial charge on any atom is 0.307 e. The van der Waals surface area contributed by atoms with Crippen molar-refractivity contribution in [2.45, 2.75) is 17.9 Å². The summed E-state index contributed by atoms with van der Waals surface area (Å²) in [6.45, 7) is 0.572. The van der Waals surface area contributed by atoms with E-state index in [-0.39, 0.29) is 13.0 Å². The number of carboxylic acids is 1. The van der Waals surface area contributed by atoms with Crippen molar-refractivity contribution in [2.75, 3.05) is 18.6 Å². The Morgan fingerprint density at radius 1 is 1.15 bits per heavy atom. The van der Waals surface area contributed by atoms with Crippen molar-refractivity contribution in [1.29, 1.82) is 0 Å². The van der Waals surface area contributed by atoms with Gasteiger partial charge in [0.05, 0.1) is 12.7 Å². The third-order valence-corrected chi connectivity index (χ3v) is 6.09. The van der Waals surface area contributed by atoms with Crippen molar-refractivity contribution in [3.63, 3.8) is 0 Å². The number of hydrogen-bond donors (Lipinski definition) is 1. The molecule has 0 atom stereocenters. The first kappa shape index (κ1) is 20.8. The maximum absolute atomic E-state index is 12.1. The van der Waals surface area contributed by atoms with Crippen LogP contribution in [0.1, 0.15) is 11.1 Å². The largest absolute Gasteiger partial charge is 0.481 e. The lowest BCUT2D eigenvalue weighted by Crippen LogP contribution is -2.31. The van der Waals surface area contributed by atoms with E-state index >= 15 is 0 Å². The van der Waals surface area contributed by atoms with E-state index < -0.39 is 16.0 Å². The second-order valence-electron chi connectivity index (χ2n) is 5.79. The zero-order chi connectivity index (χ0) is 19.2. The highest BCUT2D eigenvalue weighted by molar-refractivity contribution is 7.99. The number of carboxylic acid groups (broad SMARTS) is 1. The number of benzene rings is 2. The lowest BCUT2D eigenvalue weighted by atomic mass is 10.1. The van der Waals surface area contributed by atoms with Gasteiger partial charge in [0.1, 0.15) is 0 Å². The van der Waals surface area contributed by atoms with Crippen LogP contribution in [0, 0.1) is 0 Å². The monoisotopic (exact) mass is 413 g/mol. The van der Waals surface area contributed by atoms with Crippen molar-refractivity contribution in [3.05, 3.63) is 64.7 Å². The molecule has 0 saturated carbocycles. The molecule has 0 amide bonds. The molecule has 0 bridgehead atoms. The molecule has 0 aromatic heterocycles. The second kappa shape index (κ2) is 9.41. The van der Waals surface area contributed by atoms with Gasteiger partial charge in [0.25, 0.3) is 0 Å². The molecule has 5 nitrogen and oxygen atoms in total. The molecule has 8 heteroatoms. The fourth-order valence-corrected chi connectivity index (χ4v) is 4.30. The highest BCUT2D eigenvalue weighted by atomic mass is 35.5. The molecule has 0 aliphatic heterocycles. The molecule has 2 aromatic rings. The summed E-state index contributed by atoms with van der Waals surface area (Å²) in [4.78, 5) is 11.9. The first-order valence-corrected chi connectivity index (χ1v) is 11.1. The van der Waals surface area contributed by atoms with Crippen molar-refractivity contribution >= 4 is 39.4 Å². The summed E-state index contributed by atoms with van der Waals surface area (Å²) in [7, 11) is -3.38. The van der Waals surface area contributed by atoms with E-state index in [1.165, 1.54) is 10.6 Å². The first-order chi connectivity index (χ1) is 12.2. The van der Waals surface area contributed by atoms with Gasteiger partial charge in [-0.05, 0) is 35.4 Å². The van der Waals surface area contributed by atoms with Crippen LogP contribution in [0.3, 0.4) is 0 Å². The molecule has 0 heterocycles. The van der Waals surface area contributed by atoms with E-state index in [1.54, 1.807) is 48.2 Å². The predicted molar refractivity (Wildman–Crippen MR) is 105 cm³/mol. The van der Waals surface area contributed by atoms with Crippen LogP contribution in [-0.2, 0) is 27.8 Å². The molecule has 140 valence electrons. The standard InChI is InChI=1S/C18H20ClNO4S2/c1-26(23,24)20(9-10-25-17-7-5-16(19)6-8-17)13-15-4-2-3-14(11-15)12-18(21)22/h2-8,11H,9-10,12-13H2,1H3,(H,21,22). The summed E-state index contributed by atoms with van der Waals surface area (Å²) < 4.78 is 25.6. The predicted octanol–water partition coefficient (Wildman–Crippen LogP) is 3.52. The number of aliphatic carboxylic acids is 1. The Hall–Kier alpha value is -1.54. The van der Waals surface area contributed by atoms with Crippen LogP contribution in [-0.4, -0.2) is 42.4 Å². The summed E-state index contributed by atoms with van der Waals surface area (Å²) in [5.41, 5.74) is 1.42. The van der Waals surface area contributed by atoms with Crippen molar-refractivity contribution in [2.24, 2.45) is 0 Å². The number of sulfonamides is 1. The van der Waals surface area contributed by atoms with Crippen LogP contribution in [0.15, 0.2) is 53.4 Å². The molecular formula is C18H20ClNO4S2. The van der Waals surface area contributed by atoms with E-state index in [0.29, 0.717) is 22.9 Å². The van der Waals surface area contributed by atoms with Crippen LogP contribution < -0.4 is 0 Å². The summed E-state index contributed by atoms with van der Waals surface area (Å²) >= 11 is 7.41. The minimum Gasteiger partial charge on any atom is -0.481 e. The number of thioether (sulfide) groups is 1. The van der Waals surface area contributed by atoms with Crippen LogP contribution in [0.5, 0.6) is 0 Å². The van der Waals surface area contributed by atoms with Gasteiger partial charge in [-0.1, -0.05) is 35.9 Å². The lowest BCUT2D eigenvalue weighted by molar-refractivity contribution is -0.136. The van der Waals surface area contributed by atoms with Gasteiger partial charge in [-0.3, -0.25) is 4.79 Å². The maximum atomic E-state index is 12.1. The van der Waals surface area contributed by atoms with Gasteiger partial charge in [-0.2, -0.15) is 4.31 Å². The minimum absolute atomic E-state index is 0.0842. The fourth-order valence-electron chi connectivity index (χ4n) is 2.37. The van der Waals surface area contributed by atoms with Gasteiger partial charge >= 0.3 is 5.97 Å². The quantitative estimate of drug-likeness (QED) is 0.636. The Balaban J connectivity index is 2.01. The van der Waals surface area contributed by atoms with Gasteiger partial charge in [-0.25, -0.2) is 8.42 Å². The van der Waals surface area contributed by atoms with Gasteiger partial charge < -0.3 is 5.11 Å². The summed E-state index contributed by atoms with van der Waals surface area (Å²) in [5.74, 6) is -0.315. The zero-order valence-electron chi connectivity index (χ0n) is 14.3. The lowest BCUT2D eigenvalue weighted by Gasteiger charge is -2.20. The molecule has 0 aliphatic rings. The number of rotatable bonds is 9. The summed E-state index contributed by atoms with van der Waals surface area (Å²) in [6, 6.07) is 14.4. The van der Waals surface area contributed by atoms with Crippen LogP contribution in [0.2, 0.25) is 5.02 Å². The van der Waals surface area contributed by atoms with Gasteiger partial charge in [-0.15, -0.1) is 11.8 Å². The van der Waals surface area contributed by atoms with E-state index in [1.807, 2.05) is 12.1 Å². The minimum atomic E-state index is -3.38. The van der Waals surface area contributed by atoms with Crippen molar-refractivity contribution < 1.29 is 18.3 Å². The third kappa shape index (κ3) is 6.99. The topological polar surface area (TPSA) is 74.7 Å². The molecule has 26 heavy (non-hydrogen) atoms. The van der Waals surface area contributed by atoms with E-state index in [4.69, 9.17) is 16.7 Å². The van der Waals surface area contributed by atoms with Crippen LogP contribution in [0.4, 0.5) is 0 Å². The normalized spacial score (nSPS) is 11.7. The highest BCUT2D eigenvalue weighted by Gasteiger charge is 2.17. The fraction of sp³-hybridized carbons (Fsp3) is 0.278. The molecule has 0 aliphatic carbocycles. The summed E-state index contributed by atoms with van der Waals surface area (Å²) in [6.07, 6.45) is 1.10. The number of carbonyl (C=O) groups is 1. The number of nitrogens with zero attached hydrogens (tertiary/aromatic N) is 1. The molecule has 2 rings (SSSR count). The molecule has 0 fully saturated rings. The van der Waals surface area contributed by atoms with Gasteiger partial charge in [0, 0.05) is 28.8 Å². The molecule has 1 N–H and O–H groups in total. The molecule has 0 radical (unpaired) electrons. The molecule has 0 unspecified atom stereocenters. The number of halogens is 1. The smallest absolute Gasteiger partial charge is 0.307 e. The molecule has 0 spiro atoms. The summed E-state index contributed by atoms with van der Waals surface area (Å²) in [5, 5.41) is 9.55. The Morgan fingerprint density at radius 2 is 1.81 bits per heavy atom. The average Bonchev–Trinajstić information content (AvgIpc) is 2.54. The third-order valence-electron chi connectivity index (χ3n) is 3.60. The highest BCUT2D eigenvalue weighted by Crippen LogP contribution is 2.21. The average molecular weight is 414 g/mol. The molecule has 0 saturated heterocycles. The molecular weight excluding hydrogens is 394 g/mol. The van der Waals surface area contributed by atoms with Crippen molar-refractivity contribution in [1.82, 2.24) is 4.31 Å². The molecule has 2 aromatic carbocycles. The Kier molecular flexibility index (Phi) is 7.52. The van der Waals surface area contributed by atoms with E-state index in [2.05, 4.69) is 0 Å². The van der Waals surface area contributed by atoms with Crippen LogP contribution >= 0.6 is 23.4 Å². The Labute approximate surface area is 163 Å². The zero-order valence-corrected chi connectivity index (χ0v) is 16.6. The van der Waals surface area contributed by atoms with Crippen LogP contribution in [0.25, 0.3) is 0 Å². The van der Waals surface area contributed by atoms with Gasteiger partial charge in [0.15, 0.2) is 0 Å².